The van der Waals surface area contributed by atoms with Crippen molar-refractivity contribution >= 4 is 11.0 Å². The summed E-state index contributed by atoms with van der Waals surface area (Å²) in [5, 5.41) is 0.826. The van der Waals surface area contributed by atoms with Crippen LogP contribution in [0.25, 0.3) is 11.0 Å². The Morgan fingerprint density at radius 1 is 1.09 bits per heavy atom. The summed E-state index contributed by atoms with van der Waals surface area (Å²) in [6.07, 6.45) is 13.7. The van der Waals surface area contributed by atoms with Crippen LogP contribution in [0.4, 0.5) is 0 Å². The van der Waals surface area contributed by atoms with E-state index in [9.17, 15) is 4.79 Å². The SMILES string of the molecule is Cc1nc(OCCCCN2CCN(C3=COC(C4=CC=CCC4)=CO3)CC2)nc2[nH]c(=O)ccc12. The van der Waals surface area contributed by atoms with E-state index >= 15 is 0 Å². The van der Waals surface area contributed by atoms with Crippen molar-refractivity contribution in [3.8, 4) is 6.01 Å². The molecule has 0 spiro atoms. The fourth-order valence-corrected chi connectivity index (χ4v) is 4.42. The van der Waals surface area contributed by atoms with E-state index in [1.165, 1.54) is 11.6 Å². The van der Waals surface area contributed by atoms with Gasteiger partial charge in [0.05, 0.1) is 12.3 Å². The quantitative estimate of drug-likeness (QED) is 0.579. The van der Waals surface area contributed by atoms with Gasteiger partial charge in [0.15, 0.2) is 12.0 Å². The van der Waals surface area contributed by atoms with Crippen LogP contribution in [-0.2, 0) is 9.47 Å². The summed E-state index contributed by atoms with van der Waals surface area (Å²) in [7, 11) is 0. The molecule has 0 amide bonds. The number of H-pyrrole nitrogens is 1. The molecule has 2 aliphatic heterocycles. The zero-order valence-electron chi connectivity index (χ0n) is 20.0. The van der Waals surface area contributed by atoms with Crippen molar-refractivity contribution < 1.29 is 14.2 Å². The van der Waals surface area contributed by atoms with Gasteiger partial charge in [0.25, 0.3) is 0 Å². The van der Waals surface area contributed by atoms with Crippen molar-refractivity contribution in [3.05, 3.63) is 76.1 Å². The largest absolute Gasteiger partial charge is 0.463 e. The highest BCUT2D eigenvalue weighted by Gasteiger charge is 2.22. The molecule has 1 aliphatic carbocycles. The first kappa shape index (κ1) is 23.2. The second kappa shape index (κ2) is 10.8. The topological polar surface area (TPSA) is 92.8 Å². The molecule has 1 fully saturated rings. The smallest absolute Gasteiger partial charge is 0.318 e. The number of pyridine rings is 1. The third-order valence-corrected chi connectivity index (χ3v) is 6.45. The number of fused-ring (bicyclic) bond motifs is 1. The van der Waals surface area contributed by atoms with Crippen LogP contribution in [0.5, 0.6) is 6.01 Å². The van der Waals surface area contributed by atoms with Crippen LogP contribution in [-0.4, -0.2) is 64.1 Å². The van der Waals surface area contributed by atoms with E-state index in [0.29, 0.717) is 18.3 Å². The number of aryl methyl sites for hydroxylation is 1. The van der Waals surface area contributed by atoms with E-state index in [0.717, 1.165) is 81.1 Å². The van der Waals surface area contributed by atoms with E-state index in [2.05, 4.69) is 43.0 Å². The van der Waals surface area contributed by atoms with Crippen molar-refractivity contribution in [3.63, 3.8) is 0 Å². The Bertz CT molecular complexity index is 1240. The number of hydrogen-bond acceptors (Lipinski definition) is 8. The van der Waals surface area contributed by atoms with Gasteiger partial charge in [-0.25, -0.2) is 0 Å². The molecule has 0 aromatic carbocycles. The molecule has 35 heavy (non-hydrogen) atoms. The Morgan fingerprint density at radius 3 is 2.74 bits per heavy atom. The second-order valence-corrected chi connectivity index (χ2v) is 8.89. The lowest BCUT2D eigenvalue weighted by atomic mass is 10.0. The van der Waals surface area contributed by atoms with Gasteiger partial charge in [-0.1, -0.05) is 18.2 Å². The molecule has 1 N–H and O–H groups in total. The van der Waals surface area contributed by atoms with Gasteiger partial charge in [-0.05, 0) is 50.8 Å². The van der Waals surface area contributed by atoms with E-state index < -0.39 is 0 Å². The number of ether oxygens (including phenoxy) is 3. The Morgan fingerprint density at radius 2 is 1.97 bits per heavy atom. The molecule has 5 rings (SSSR count). The zero-order chi connectivity index (χ0) is 24.0. The van der Waals surface area contributed by atoms with Crippen molar-refractivity contribution in [2.45, 2.75) is 32.6 Å². The molecule has 0 saturated carbocycles. The lowest BCUT2D eigenvalue weighted by Crippen LogP contribution is -2.46. The van der Waals surface area contributed by atoms with Crippen LogP contribution in [0, 0.1) is 6.92 Å². The Kier molecular flexibility index (Phi) is 7.13. The average Bonchev–Trinajstić information content (AvgIpc) is 2.89. The summed E-state index contributed by atoms with van der Waals surface area (Å²) < 4.78 is 17.5. The monoisotopic (exact) mass is 477 g/mol. The molecule has 9 nitrogen and oxygen atoms in total. The molecule has 0 atom stereocenters. The number of unbranched alkanes of at least 4 members (excludes halogenated alkanes) is 1. The number of nitrogens with zero attached hydrogens (tertiary/aromatic N) is 4. The van der Waals surface area contributed by atoms with E-state index in [-0.39, 0.29) is 5.56 Å². The fourth-order valence-electron chi connectivity index (χ4n) is 4.42. The number of aromatic nitrogens is 3. The maximum absolute atomic E-state index is 11.6. The highest BCUT2D eigenvalue weighted by Crippen LogP contribution is 2.26. The van der Waals surface area contributed by atoms with Crippen LogP contribution in [0.3, 0.4) is 0 Å². The second-order valence-electron chi connectivity index (χ2n) is 8.89. The predicted octanol–water partition coefficient (Wildman–Crippen LogP) is 3.37. The third-order valence-electron chi connectivity index (χ3n) is 6.45. The summed E-state index contributed by atoms with van der Waals surface area (Å²) in [6.45, 7) is 7.22. The highest BCUT2D eigenvalue weighted by molar-refractivity contribution is 5.76. The van der Waals surface area contributed by atoms with Gasteiger partial charge in [-0.15, -0.1) is 0 Å². The van der Waals surface area contributed by atoms with E-state index in [1.807, 2.05) is 6.92 Å². The molecule has 184 valence electrons. The summed E-state index contributed by atoms with van der Waals surface area (Å²) in [6, 6.07) is 3.52. The predicted molar refractivity (Wildman–Crippen MR) is 132 cm³/mol. The van der Waals surface area contributed by atoms with Crippen LogP contribution < -0.4 is 10.3 Å². The lowest BCUT2D eigenvalue weighted by Gasteiger charge is -2.36. The van der Waals surface area contributed by atoms with Gasteiger partial charge in [-0.2, -0.15) is 9.97 Å². The standard InChI is InChI=1S/C26H31N5O4/c1-19-21-9-10-23(32)28-25(21)29-26(27-19)33-16-6-5-11-30-12-14-31(15-13-30)24-18-34-22(17-35-24)20-7-3-2-4-8-20/h2-3,7,9-10,17-18H,4-6,8,11-16H2,1H3,(H,27,28,29,32). The van der Waals surface area contributed by atoms with Crippen LogP contribution in [0.2, 0.25) is 0 Å². The first-order valence-electron chi connectivity index (χ1n) is 12.2. The average molecular weight is 478 g/mol. The number of allylic oxidation sites excluding steroid dienone is 4. The Labute approximate surface area is 204 Å². The molecule has 0 unspecified atom stereocenters. The van der Waals surface area contributed by atoms with Crippen molar-refractivity contribution in [2.75, 3.05) is 39.3 Å². The molecule has 9 heteroatoms. The Balaban J connectivity index is 1.01. The van der Waals surface area contributed by atoms with Gasteiger partial charge >= 0.3 is 6.01 Å². The van der Waals surface area contributed by atoms with Crippen molar-refractivity contribution in [1.29, 1.82) is 0 Å². The summed E-state index contributed by atoms with van der Waals surface area (Å²) in [5.74, 6) is 1.58. The normalized spacial score (nSPS) is 18.4. The van der Waals surface area contributed by atoms with E-state index in [4.69, 9.17) is 14.2 Å². The number of aromatic amines is 1. The number of rotatable bonds is 8. The third kappa shape index (κ3) is 5.74. The van der Waals surface area contributed by atoms with Crippen LogP contribution >= 0.6 is 0 Å². The maximum Gasteiger partial charge on any atom is 0.318 e. The molecule has 0 bridgehead atoms. The summed E-state index contributed by atoms with van der Waals surface area (Å²) in [5.41, 5.74) is 2.29. The van der Waals surface area contributed by atoms with Gasteiger partial charge in [0.1, 0.15) is 11.9 Å². The molecule has 1 saturated heterocycles. The van der Waals surface area contributed by atoms with Gasteiger partial charge < -0.3 is 24.1 Å². The molecule has 3 aliphatic rings. The highest BCUT2D eigenvalue weighted by atomic mass is 16.6. The summed E-state index contributed by atoms with van der Waals surface area (Å²) >= 11 is 0. The zero-order valence-corrected chi connectivity index (χ0v) is 20.0. The van der Waals surface area contributed by atoms with Gasteiger partial charge in [0.2, 0.25) is 11.4 Å². The number of nitrogens with one attached hydrogen (secondary N) is 1. The van der Waals surface area contributed by atoms with Crippen LogP contribution in [0.15, 0.2) is 64.9 Å². The Hall–Kier alpha value is -3.59. The molecule has 2 aromatic rings. The minimum absolute atomic E-state index is 0.184. The minimum atomic E-state index is -0.184. The first-order valence-corrected chi connectivity index (χ1v) is 12.2. The lowest BCUT2D eigenvalue weighted by molar-refractivity contribution is 0.0834. The molecular formula is C26H31N5O4. The molecule has 4 heterocycles. The van der Waals surface area contributed by atoms with Crippen molar-refractivity contribution in [2.24, 2.45) is 0 Å². The van der Waals surface area contributed by atoms with Gasteiger partial charge in [0, 0.05) is 37.6 Å². The van der Waals surface area contributed by atoms with E-state index in [1.54, 1.807) is 18.6 Å². The van der Waals surface area contributed by atoms with Crippen molar-refractivity contribution in [1.82, 2.24) is 24.8 Å². The maximum atomic E-state index is 11.6. The fraction of sp³-hybridized carbons (Fsp3) is 0.423. The van der Waals surface area contributed by atoms with Crippen LogP contribution in [0.1, 0.15) is 31.4 Å². The number of piperazine rings is 1. The van der Waals surface area contributed by atoms with Gasteiger partial charge in [-0.3, -0.25) is 9.69 Å². The number of hydrogen-bond donors (Lipinski definition) is 1. The first-order chi connectivity index (χ1) is 17.2. The summed E-state index contributed by atoms with van der Waals surface area (Å²) in [4.78, 5) is 27.7. The molecular weight excluding hydrogens is 446 g/mol. The molecule has 2 aromatic heterocycles. The molecule has 0 radical (unpaired) electrons. The minimum Gasteiger partial charge on any atom is -0.463 e.